The second-order valence-corrected chi connectivity index (χ2v) is 2.06. The van der Waals surface area contributed by atoms with E-state index >= 15 is 0 Å². The fourth-order valence-corrected chi connectivity index (χ4v) is 0.710. The molecule has 0 aromatic heterocycles. The molecule has 1 heterocycles. The lowest BCUT2D eigenvalue weighted by atomic mass is 10.1. The molecule has 0 aromatic carbocycles. The zero-order valence-electron chi connectivity index (χ0n) is 5.79. The number of nitrogens with one attached hydrogen (secondary N) is 2. The number of hydrogen-bond acceptors (Lipinski definition) is 5. The highest BCUT2D eigenvalue weighted by atomic mass is 16.2. The summed E-state index contributed by atoms with van der Waals surface area (Å²) >= 11 is 0. The van der Waals surface area contributed by atoms with Crippen LogP contribution < -0.4 is 11.1 Å². The molecule has 0 aromatic rings. The second-order valence-electron chi connectivity index (χ2n) is 2.06. The van der Waals surface area contributed by atoms with Gasteiger partial charge in [-0.1, -0.05) is 5.59 Å². The Kier molecular flexibility index (Phi) is 3.97. The first-order valence-electron chi connectivity index (χ1n) is 3.00. The lowest BCUT2D eigenvalue weighted by Crippen LogP contribution is -2.48. The molecular formula is C5H9N3O3. The van der Waals surface area contributed by atoms with Gasteiger partial charge in [0.25, 0.3) is 0 Å². The third-order valence-corrected chi connectivity index (χ3v) is 1.28. The second kappa shape index (κ2) is 4.51. The summed E-state index contributed by atoms with van der Waals surface area (Å²) in [5, 5.41) is 2.13. The van der Waals surface area contributed by atoms with E-state index in [0.717, 1.165) is 0 Å². The summed E-state index contributed by atoms with van der Waals surface area (Å²) < 4.78 is 0. The summed E-state index contributed by atoms with van der Waals surface area (Å²) in [7, 11) is 0. The van der Waals surface area contributed by atoms with Crippen LogP contribution in [0, 0.1) is 10.5 Å². The van der Waals surface area contributed by atoms with Gasteiger partial charge in [-0.3, -0.25) is 14.9 Å². The largest absolute Gasteiger partial charge is 0.320 e. The van der Waals surface area contributed by atoms with E-state index in [4.69, 9.17) is 10.6 Å². The number of piperidine rings is 1. The molecule has 62 valence electrons. The molecule has 2 amide bonds. The number of nitroso groups, excluding NO2 is 1. The van der Waals surface area contributed by atoms with E-state index < -0.39 is 6.04 Å². The third-order valence-electron chi connectivity index (χ3n) is 1.28. The van der Waals surface area contributed by atoms with E-state index in [1.54, 1.807) is 0 Å². The summed E-state index contributed by atoms with van der Waals surface area (Å²) in [6, 6.07) is -0.484. The quantitative estimate of drug-likeness (QED) is 0.313. The molecule has 4 N–H and O–H groups in total. The van der Waals surface area contributed by atoms with E-state index in [1.165, 1.54) is 0 Å². The van der Waals surface area contributed by atoms with Crippen molar-refractivity contribution in [2.75, 3.05) is 0 Å². The summed E-state index contributed by atoms with van der Waals surface area (Å²) in [5.74, 6) is -0.576. The van der Waals surface area contributed by atoms with Gasteiger partial charge in [0.1, 0.15) is 0 Å². The molecule has 1 saturated heterocycles. The maximum Gasteiger partial charge on any atom is 0.243 e. The van der Waals surface area contributed by atoms with Crippen LogP contribution in [0.2, 0.25) is 0 Å². The number of carbonyl (C=O) groups is 2. The molecule has 1 aliphatic heterocycles. The van der Waals surface area contributed by atoms with Crippen molar-refractivity contribution in [3.8, 4) is 0 Å². The van der Waals surface area contributed by atoms with Crippen molar-refractivity contribution in [1.29, 1.82) is 5.59 Å². The number of imide groups is 1. The predicted octanol–water partition coefficient (Wildman–Crippen LogP) is -0.918. The number of rotatable bonds is 0. The van der Waals surface area contributed by atoms with E-state index in [1.807, 2.05) is 0 Å². The van der Waals surface area contributed by atoms with Gasteiger partial charge in [-0.2, -0.15) is 4.91 Å². The fourth-order valence-electron chi connectivity index (χ4n) is 0.710. The first-order chi connectivity index (χ1) is 5.20. The van der Waals surface area contributed by atoms with Crippen molar-refractivity contribution in [3.63, 3.8) is 0 Å². The first-order valence-corrected chi connectivity index (χ1v) is 3.00. The fraction of sp³-hybridized carbons (Fsp3) is 0.600. The summed E-state index contributed by atoms with van der Waals surface area (Å²) in [6.07, 6.45) is 0.845. The lowest BCUT2D eigenvalue weighted by molar-refractivity contribution is -0.134. The van der Waals surface area contributed by atoms with Crippen LogP contribution in [-0.2, 0) is 9.59 Å². The van der Waals surface area contributed by atoms with Gasteiger partial charge in [0.15, 0.2) is 0 Å². The smallest absolute Gasteiger partial charge is 0.243 e. The predicted molar refractivity (Wildman–Crippen MR) is 36.4 cm³/mol. The van der Waals surface area contributed by atoms with Crippen molar-refractivity contribution in [3.05, 3.63) is 4.91 Å². The minimum atomic E-state index is -0.484. The number of carbonyl (C=O) groups excluding carboxylic acids is 2. The normalized spacial score (nSPS) is 23.2. The zero-order valence-corrected chi connectivity index (χ0v) is 5.79. The van der Waals surface area contributed by atoms with Crippen LogP contribution in [-0.4, -0.2) is 17.9 Å². The summed E-state index contributed by atoms with van der Waals surface area (Å²) in [4.78, 5) is 28.5. The van der Waals surface area contributed by atoms with Gasteiger partial charge in [0.2, 0.25) is 11.8 Å². The molecule has 0 saturated carbocycles. The number of amides is 2. The maximum atomic E-state index is 10.5. The Bertz CT molecular complexity index is 170. The lowest BCUT2D eigenvalue weighted by Gasteiger charge is -2.15. The van der Waals surface area contributed by atoms with Gasteiger partial charge in [-0.05, 0) is 6.42 Å². The standard InChI is InChI=1S/C5H8N2O2.HNO/c6-3-1-2-4(8)7-5(3)9;1-2/h3H,1-2,6H2,(H,7,8,9);1H. The molecule has 1 fully saturated rings. The van der Waals surface area contributed by atoms with Gasteiger partial charge in [0.05, 0.1) is 6.04 Å². The highest BCUT2D eigenvalue weighted by Gasteiger charge is 2.22. The van der Waals surface area contributed by atoms with Crippen LogP contribution in [0.1, 0.15) is 12.8 Å². The topological polar surface area (TPSA) is 113 Å². The highest BCUT2D eigenvalue weighted by molar-refractivity contribution is 6.00. The molecule has 1 unspecified atom stereocenters. The molecule has 0 spiro atoms. The van der Waals surface area contributed by atoms with Gasteiger partial charge < -0.3 is 5.73 Å². The Morgan fingerprint density at radius 1 is 1.45 bits per heavy atom. The summed E-state index contributed by atoms with van der Waals surface area (Å²) in [6.45, 7) is 0. The third kappa shape index (κ3) is 2.85. The Morgan fingerprint density at radius 2 is 2.00 bits per heavy atom. The van der Waals surface area contributed by atoms with Gasteiger partial charge in [-0.15, -0.1) is 0 Å². The van der Waals surface area contributed by atoms with Crippen LogP contribution in [0.4, 0.5) is 0 Å². The van der Waals surface area contributed by atoms with Crippen molar-refractivity contribution >= 4 is 11.8 Å². The van der Waals surface area contributed by atoms with Crippen LogP contribution in [0.3, 0.4) is 0 Å². The molecule has 1 rings (SSSR count). The molecule has 6 heteroatoms. The SMILES string of the molecule is N=O.NC1CCC(=O)NC1=O. The minimum Gasteiger partial charge on any atom is -0.320 e. The minimum absolute atomic E-state index is 0.221. The molecule has 0 bridgehead atoms. The molecule has 0 aliphatic carbocycles. The number of nitrogens with two attached hydrogens (primary N) is 1. The van der Waals surface area contributed by atoms with Crippen molar-refractivity contribution < 1.29 is 9.59 Å². The number of hydrogen-bond donors (Lipinski definition) is 3. The van der Waals surface area contributed by atoms with E-state index in [0.29, 0.717) is 12.8 Å². The van der Waals surface area contributed by atoms with Crippen LogP contribution >= 0.6 is 0 Å². The van der Waals surface area contributed by atoms with Crippen LogP contribution in [0.15, 0.2) is 0 Å². The van der Waals surface area contributed by atoms with Crippen LogP contribution in [0.25, 0.3) is 0 Å². The first kappa shape index (κ1) is 9.70. The van der Waals surface area contributed by atoms with Crippen molar-refractivity contribution in [2.24, 2.45) is 5.73 Å². The zero-order chi connectivity index (χ0) is 8.85. The van der Waals surface area contributed by atoms with Gasteiger partial charge in [0, 0.05) is 6.42 Å². The van der Waals surface area contributed by atoms with Gasteiger partial charge >= 0.3 is 0 Å². The Morgan fingerprint density at radius 3 is 2.36 bits per heavy atom. The molecule has 11 heavy (non-hydrogen) atoms. The van der Waals surface area contributed by atoms with Crippen molar-refractivity contribution in [1.82, 2.24) is 5.32 Å². The molecule has 1 aliphatic rings. The van der Waals surface area contributed by atoms with Crippen LogP contribution in [0.5, 0.6) is 0 Å². The van der Waals surface area contributed by atoms with Crippen molar-refractivity contribution in [2.45, 2.75) is 18.9 Å². The monoisotopic (exact) mass is 159 g/mol. The Balaban J connectivity index is 0.000000461. The Labute approximate surface area is 62.9 Å². The molecule has 6 nitrogen and oxygen atoms in total. The average molecular weight is 159 g/mol. The maximum absolute atomic E-state index is 10.5. The average Bonchev–Trinajstić information content (AvgIpc) is 2.02. The van der Waals surface area contributed by atoms with E-state index in [-0.39, 0.29) is 11.8 Å². The summed E-state index contributed by atoms with van der Waals surface area (Å²) in [5.41, 5.74) is 9.78. The molecule has 0 radical (unpaired) electrons. The van der Waals surface area contributed by atoms with E-state index in [9.17, 15) is 9.59 Å². The molecular weight excluding hydrogens is 150 g/mol. The highest BCUT2D eigenvalue weighted by Crippen LogP contribution is 2.00. The van der Waals surface area contributed by atoms with E-state index in [2.05, 4.69) is 10.9 Å². The molecule has 1 atom stereocenters. The van der Waals surface area contributed by atoms with Gasteiger partial charge in [-0.25, -0.2) is 0 Å². The Hall–Kier alpha value is -1.30.